The topological polar surface area (TPSA) is 47.0 Å². The summed E-state index contributed by atoms with van der Waals surface area (Å²) in [7, 11) is 1.59. The van der Waals surface area contributed by atoms with Crippen molar-refractivity contribution in [1.82, 2.24) is 15.5 Å². The quantitative estimate of drug-likeness (QED) is 0.900. The number of methoxy groups -OCH3 is 1. The van der Waals surface area contributed by atoms with Gasteiger partial charge >= 0.3 is 0 Å². The van der Waals surface area contributed by atoms with E-state index in [-0.39, 0.29) is 6.04 Å². The predicted octanol–water partition coefficient (Wildman–Crippen LogP) is 2.55. The van der Waals surface area contributed by atoms with E-state index in [1.165, 1.54) is 9.75 Å². The number of thiophene rings is 1. The van der Waals surface area contributed by atoms with Crippen LogP contribution < -0.4 is 10.1 Å². The molecule has 1 atom stereocenters. The summed E-state index contributed by atoms with van der Waals surface area (Å²) in [6.45, 7) is 5.08. The zero-order chi connectivity index (χ0) is 13.0. The van der Waals surface area contributed by atoms with Crippen LogP contribution >= 0.6 is 11.3 Å². The number of aromatic nitrogens is 2. The SMILES string of the molecule is CCNC(c1ccc(OC)nn1)c1ccc(C)s1. The molecule has 0 aliphatic rings. The Labute approximate surface area is 111 Å². The molecule has 0 aliphatic heterocycles. The van der Waals surface area contributed by atoms with Crippen molar-refractivity contribution in [2.75, 3.05) is 13.7 Å². The Balaban J connectivity index is 2.28. The Morgan fingerprint density at radius 2 is 2.11 bits per heavy atom. The molecule has 4 nitrogen and oxygen atoms in total. The maximum absolute atomic E-state index is 5.03. The molecule has 0 radical (unpaired) electrons. The highest BCUT2D eigenvalue weighted by atomic mass is 32.1. The average Bonchev–Trinajstić information content (AvgIpc) is 2.82. The van der Waals surface area contributed by atoms with Crippen LogP contribution in [0, 0.1) is 6.92 Å². The molecule has 96 valence electrons. The van der Waals surface area contributed by atoms with Gasteiger partial charge in [0.1, 0.15) is 0 Å². The first-order valence-electron chi connectivity index (χ1n) is 5.92. The Morgan fingerprint density at radius 1 is 1.28 bits per heavy atom. The minimum Gasteiger partial charge on any atom is -0.480 e. The monoisotopic (exact) mass is 263 g/mol. The highest BCUT2D eigenvalue weighted by Gasteiger charge is 2.16. The summed E-state index contributed by atoms with van der Waals surface area (Å²) in [5.74, 6) is 0.538. The third kappa shape index (κ3) is 2.86. The van der Waals surface area contributed by atoms with Crippen LogP contribution in [0.1, 0.15) is 28.4 Å². The van der Waals surface area contributed by atoms with E-state index < -0.39 is 0 Å². The van der Waals surface area contributed by atoms with Crippen LogP contribution in [0.15, 0.2) is 24.3 Å². The van der Waals surface area contributed by atoms with Crippen molar-refractivity contribution in [2.45, 2.75) is 19.9 Å². The summed E-state index contributed by atoms with van der Waals surface area (Å²) >= 11 is 1.78. The van der Waals surface area contributed by atoms with Gasteiger partial charge in [0.25, 0.3) is 0 Å². The number of aryl methyl sites for hydroxylation is 1. The fourth-order valence-corrected chi connectivity index (χ4v) is 2.72. The van der Waals surface area contributed by atoms with Crippen molar-refractivity contribution in [1.29, 1.82) is 0 Å². The molecule has 0 saturated heterocycles. The van der Waals surface area contributed by atoms with Crippen LogP contribution in [0.2, 0.25) is 0 Å². The van der Waals surface area contributed by atoms with Crippen LogP contribution in [-0.2, 0) is 0 Å². The van der Waals surface area contributed by atoms with Gasteiger partial charge in [0.05, 0.1) is 18.8 Å². The summed E-state index contributed by atoms with van der Waals surface area (Å²) in [5.41, 5.74) is 0.916. The molecule has 0 amide bonds. The second kappa shape index (κ2) is 5.93. The first-order chi connectivity index (χ1) is 8.74. The largest absolute Gasteiger partial charge is 0.480 e. The van der Waals surface area contributed by atoms with Gasteiger partial charge in [-0.05, 0) is 31.7 Å². The molecule has 1 unspecified atom stereocenters. The summed E-state index contributed by atoms with van der Waals surface area (Å²) in [4.78, 5) is 2.56. The summed E-state index contributed by atoms with van der Waals surface area (Å²) in [5, 5.41) is 11.7. The first kappa shape index (κ1) is 13.0. The molecular formula is C13H17N3OS. The van der Waals surface area contributed by atoms with E-state index in [9.17, 15) is 0 Å². The van der Waals surface area contributed by atoms with E-state index in [0.29, 0.717) is 5.88 Å². The normalized spacial score (nSPS) is 12.4. The lowest BCUT2D eigenvalue weighted by Gasteiger charge is -2.15. The molecule has 0 aromatic carbocycles. The molecule has 5 heteroatoms. The van der Waals surface area contributed by atoms with Gasteiger partial charge in [0.15, 0.2) is 0 Å². The van der Waals surface area contributed by atoms with E-state index in [2.05, 4.69) is 41.5 Å². The minimum absolute atomic E-state index is 0.104. The number of hydrogen-bond donors (Lipinski definition) is 1. The highest BCUT2D eigenvalue weighted by Crippen LogP contribution is 2.27. The second-order valence-electron chi connectivity index (χ2n) is 3.94. The van der Waals surface area contributed by atoms with Crippen LogP contribution in [-0.4, -0.2) is 23.9 Å². The maximum atomic E-state index is 5.03. The highest BCUT2D eigenvalue weighted by molar-refractivity contribution is 7.12. The number of hydrogen-bond acceptors (Lipinski definition) is 5. The smallest absolute Gasteiger partial charge is 0.233 e. The number of ether oxygens (including phenoxy) is 1. The molecule has 2 aromatic heterocycles. The Bertz CT molecular complexity index is 495. The Morgan fingerprint density at radius 3 is 2.61 bits per heavy atom. The number of nitrogens with one attached hydrogen (secondary N) is 1. The first-order valence-corrected chi connectivity index (χ1v) is 6.73. The van der Waals surface area contributed by atoms with E-state index in [1.807, 2.05) is 12.1 Å². The number of rotatable bonds is 5. The fraction of sp³-hybridized carbons (Fsp3) is 0.385. The van der Waals surface area contributed by atoms with Crippen LogP contribution in [0.4, 0.5) is 0 Å². The molecule has 18 heavy (non-hydrogen) atoms. The minimum atomic E-state index is 0.104. The fourth-order valence-electron chi connectivity index (χ4n) is 1.76. The van der Waals surface area contributed by atoms with Crippen molar-refractivity contribution >= 4 is 11.3 Å². The van der Waals surface area contributed by atoms with E-state index >= 15 is 0 Å². The maximum Gasteiger partial charge on any atom is 0.233 e. The summed E-state index contributed by atoms with van der Waals surface area (Å²) < 4.78 is 5.03. The lowest BCUT2D eigenvalue weighted by atomic mass is 10.1. The molecule has 1 N–H and O–H groups in total. The summed E-state index contributed by atoms with van der Waals surface area (Å²) in [6, 6.07) is 8.16. The zero-order valence-corrected chi connectivity index (χ0v) is 11.6. The van der Waals surface area contributed by atoms with Gasteiger partial charge in [0.2, 0.25) is 5.88 Å². The lowest BCUT2D eigenvalue weighted by molar-refractivity contribution is 0.390. The molecule has 0 fully saturated rings. The predicted molar refractivity (Wildman–Crippen MR) is 73.2 cm³/mol. The third-order valence-corrected chi connectivity index (χ3v) is 3.69. The van der Waals surface area contributed by atoms with Crippen LogP contribution in [0.25, 0.3) is 0 Å². The van der Waals surface area contributed by atoms with Gasteiger partial charge in [-0.15, -0.1) is 21.5 Å². The van der Waals surface area contributed by atoms with Gasteiger partial charge in [-0.2, -0.15) is 0 Å². The van der Waals surface area contributed by atoms with Crippen LogP contribution in [0.5, 0.6) is 5.88 Å². The molecule has 2 heterocycles. The lowest BCUT2D eigenvalue weighted by Crippen LogP contribution is -2.22. The molecular weight excluding hydrogens is 246 g/mol. The molecule has 0 saturated carbocycles. The molecule has 2 rings (SSSR count). The van der Waals surface area contributed by atoms with Crippen molar-refractivity contribution in [2.24, 2.45) is 0 Å². The second-order valence-corrected chi connectivity index (χ2v) is 5.26. The standard InChI is InChI=1S/C13H17N3OS/c1-4-14-13(11-7-5-9(2)18-11)10-6-8-12(17-3)16-15-10/h5-8,13-14H,4H2,1-3H3. The average molecular weight is 263 g/mol. The van der Waals surface area contributed by atoms with E-state index in [4.69, 9.17) is 4.74 Å². The van der Waals surface area contributed by atoms with Crippen molar-refractivity contribution < 1.29 is 4.74 Å². The van der Waals surface area contributed by atoms with Gasteiger partial charge in [-0.1, -0.05) is 6.92 Å². The molecule has 0 spiro atoms. The van der Waals surface area contributed by atoms with Crippen LogP contribution in [0.3, 0.4) is 0 Å². The summed E-state index contributed by atoms with van der Waals surface area (Å²) in [6.07, 6.45) is 0. The molecule has 2 aromatic rings. The van der Waals surface area contributed by atoms with E-state index in [1.54, 1.807) is 18.4 Å². The van der Waals surface area contributed by atoms with Gasteiger partial charge in [-0.3, -0.25) is 0 Å². The van der Waals surface area contributed by atoms with Gasteiger partial charge in [0, 0.05) is 15.8 Å². The van der Waals surface area contributed by atoms with Gasteiger partial charge < -0.3 is 10.1 Å². The third-order valence-electron chi connectivity index (χ3n) is 2.62. The molecule has 0 bridgehead atoms. The van der Waals surface area contributed by atoms with Gasteiger partial charge in [-0.25, -0.2) is 0 Å². The van der Waals surface area contributed by atoms with E-state index in [0.717, 1.165) is 12.2 Å². The Hall–Kier alpha value is -1.46. The van der Waals surface area contributed by atoms with Crippen molar-refractivity contribution in [3.63, 3.8) is 0 Å². The Kier molecular flexibility index (Phi) is 4.28. The number of nitrogens with zero attached hydrogens (tertiary/aromatic N) is 2. The van der Waals surface area contributed by atoms with Crippen molar-refractivity contribution in [3.8, 4) is 5.88 Å². The molecule has 0 aliphatic carbocycles. The zero-order valence-electron chi connectivity index (χ0n) is 10.8. The van der Waals surface area contributed by atoms with Crippen molar-refractivity contribution in [3.05, 3.63) is 39.7 Å².